The number of β-amino-alcohol motifs (C(OH)–C–C–N with tert-alkyl or cyclic N) is 1. The molecule has 0 radical (unpaired) electrons. The van der Waals surface area contributed by atoms with Crippen LogP contribution >= 0.6 is 0 Å². The Morgan fingerprint density at radius 3 is 2.46 bits per heavy atom. The summed E-state index contributed by atoms with van der Waals surface area (Å²) in [6, 6.07) is 8.66. The van der Waals surface area contributed by atoms with Crippen molar-refractivity contribution in [3.05, 3.63) is 41.7 Å². The van der Waals surface area contributed by atoms with E-state index >= 15 is 0 Å². The van der Waals surface area contributed by atoms with Crippen LogP contribution in [0.1, 0.15) is 38.2 Å². The minimum Gasteiger partial charge on any atom is -0.511 e. The fourth-order valence-corrected chi connectivity index (χ4v) is 3.23. The van der Waals surface area contributed by atoms with Crippen molar-refractivity contribution < 1.29 is 20.4 Å². The fraction of sp³-hybridized carbons (Fsp3) is 0.579. The predicted molar refractivity (Wildman–Crippen MR) is 94.6 cm³/mol. The second-order valence-corrected chi connectivity index (χ2v) is 6.53. The molecule has 1 aromatic rings. The van der Waals surface area contributed by atoms with Crippen molar-refractivity contribution in [3.63, 3.8) is 0 Å². The molecule has 0 unspecified atom stereocenters. The molecule has 134 valence electrons. The summed E-state index contributed by atoms with van der Waals surface area (Å²) in [5.74, 6) is 0.00939. The van der Waals surface area contributed by atoms with Gasteiger partial charge in [0.15, 0.2) is 0 Å². The van der Waals surface area contributed by atoms with Crippen LogP contribution in [0.15, 0.2) is 36.1 Å². The van der Waals surface area contributed by atoms with E-state index in [1.807, 2.05) is 35.2 Å². The quantitative estimate of drug-likeness (QED) is 0.452. The molecular formula is C19H29NO4. The smallest absolute Gasteiger partial charge is 0.113 e. The average molecular weight is 335 g/mol. The lowest BCUT2D eigenvalue weighted by molar-refractivity contribution is -0.134. The Bertz CT molecular complexity index is 519. The zero-order valence-electron chi connectivity index (χ0n) is 14.3. The fourth-order valence-electron chi connectivity index (χ4n) is 3.23. The van der Waals surface area contributed by atoms with Gasteiger partial charge in [-0.25, -0.2) is 0 Å². The standard InChI is InChI=1S/C19H29NO4/c1-2-3-4-8-11-20-13-16(22)18(23)19(24)17(20)15(21)12-14-9-6-5-7-10-14/h5-7,9-10,12,16-19,21-24H,2-4,8,11,13H2,1H3/t16-,17+,18+,19+/m0/s1. The van der Waals surface area contributed by atoms with Crippen molar-refractivity contribution >= 4 is 6.08 Å². The van der Waals surface area contributed by atoms with Crippen LogP contribution in [0.5, 0.6) is 0 Å². The van der Waals surface area contributed by atoms with Crippen LogP contribution < -0.4 is 0 Å². The van der Waals surface area contributed by atoms with E-state index in [0.717, 1.165) is 31.2 Å². The van der Waals surface area contributed by atoms with E-state index < -0.39 is 24.4 Å². The van der Waals surface area contributed by atoms with Crippen molar-refractivity contribution in [1.29, 1.82) is 0 Å². The molecule has 1 fully saturated rings. The molecule has 0 amide bonds. The van der Waals surface area contributed by atoms with Crippen LogP contribution in [0.2, 0.25) is 0 Å². The molecule has 2 rings (SSSR count). The molecule has 1 heterocycles. The highest BCUT2D eigenvalue weighted by Crippen LogP contribution is 2.25. The number of benzene rings is 1. The van der Waals surface area contributed by atoms with Crippen molar-refractivity contribution in [2.45, 2.75) is 57.0 Å². The number of hydrogen-bond donors (Lipinski definition) is 4. The number of unbranched alkanes of at least 4 members (excludes halogenated alkanes) is 3. The SMILES string of the molecule is CCCCCCN1C[C@H](O)[C@@H](O)[C@H](O)[C@H]1C(O)=Cc1ccccc1. The summed E-state index contributed by atoms with van der Waals surface area (Å²) in [7, 11) is 0. The monoisotopic (exact) mass is 335 g/mol. The van der Waals surface area contributed by atoms with Gasteiger partial charge >= 0.3 is 0 Å². The lowest BCUT2D eigenvalue weighted by atomic mass is 9.91. The van der Waals surface area contributed by atoms with Gasteiger partial charge in [0.05, 0.1) is 12.1 Å². The van der Waals surface area contributed by atoms with Crippen LogP contribution in [0.4, 0.5) is 0 Å². The highest BCUT2D eigenvalue weighted by Gasteiger charge is 2.43. The number of piperidine rings is 1. The molecule has 5 heteroatoms. The van der Waals surface area contributed by atoms with Gasteiger partial charge in [-0.3, -0.25) is 4.90 Å². The van der Waals surface area contributed by atoms with Crippen molar-refractivity contribution in [2.24, 2.45) is 0 Å². The lowest BCUT2D eigenvalue weighted by Crippen LogP contribution is -2.61. The molecule has 0 bridgehead atoms. The van der Waals surface area contributed by atoms with Crippen LogP contribution in [-0.2, 0) is 0 Å². The Morgan fingerprint density at radius 2 is 1.79 bits per heavy atom. The number of aliphatic hydroxyl groups is 4. The second kappa shape index (κ2) is 9.18. The summed E-state index contributed by atoms with van der Waals surface area (Å²) in [6.07, 6.45) is 2.39. The highest BCUT2D eigenvalue weighted by atomic mass is 16.4. The van der Waals surface area contributed by atoms with E-state index in [9.17, 15) is 20.4 Å². The molecular weight excluding hydrogens is 306 g/mol. The molecule has 0 aliphatic carbocycles. The molecule has 1 saturated heterocycles. The molecule has 24 heavy (non-hydrogen) atoms. The first-order valence-electron chi connectivity index (χ1n) is 8.78. The molecule has 1 aliphatic heterocycles. The summed E-state index contributed by atoms with van der Waals surface area (Å²) in [5.41, 5.74) is 0.828. The number of likely N-dealkylation sites (tertiary alicyclic amines) is 1. The Kier molecular flexibility index (Phi) is 7.24. The molecule has 4 atom stereocenters. The van der Waals surface area contributed by atoms with E-state index in [-0.39, 0.29) is 12.3 Å². The van der Waals surface area contributed by atoms with Gasteiger partial charge in [-0.15, -0.1) is 0 Å². The van der Waals surface area contributed by atoms with Crippen molar-refractivity contribution in [2.75, 3.05) is 13.1 Å². The van der Waals surface area contributed by atoms with Crippen LogP contribution in [0, 0.1) is 0 Å². The van der Waals surface area contributed by atoms with E-state index in [1.54, 1.807) is 6.08 Å². The van der Waals surface area contributed by atoms with Gasteiger partial charge in [0.1, 0.15) is 18.0 Å². The largest absolute Gasteiger partial charge is 0.511 e. The third-order valence-electron chi connectivity index (χ3n) is 4.60. The zero-order chi connectivity index (χ0) is 17.5. The second-order valence-electron chi connectivity index (χ2n) is 6.53. The average Bonchev–Trinajstić information content (AvgIpc) is 2.57. The maximum absolute atomic E-state index is 10.5. The van der Waals surface area contributed by atoms with Gasteiger partial charge < -0.3 is 20.4 Å². The molecule has 1 aliphatic rings. The predicted octanol–water partition coefficient (Wildman–Crippen LogP) is 1.93. The van der Waals surface area contributed by atoms with Gasteiger partial charge in [0.25, 0.3) is 0 Å². The molecule has 0 aromatic heterocycles. The van der Waals surface area contributed by atoms with Gasteiger partial charge in [-0.1, -0.05) is 56.5 Å². The van der Waals surface area contributed by atoms with Crippen molar-refractivity contribution in [1.82, 2.24) is 4.90 Å². The van der Waals surface area contributed by atoms with Crippen LogP contribution in [-0.4, -0.2) is 62.8 Å². The summed E-state index contributed by atoms with van der Waals surface area (Å²) in [5, 5.41) is 40.9. The minimum absolute atomic E-state index is 0.00939. The molecule has 1 aromatic carbocycles. The Labute approximate surface area is 143 Å². The number of rotatable bonds is 7. The Balaban J connectivity index is 2.14. The third kappa shape index (κ3) is 4.80. The summed E-state index contributed by atoms with van der Waals surface area (Å²) < 4.78 is 0. The topological polar surface area (TPSA) is 84.2 Å². The number of aliphatic hydroxyl groups excluding tert-OH is 4. The van der Waals surface area contributed by atoms with Crippen LogP contribution in [0.3, 0.4) is 0 Å². The summed E-state index contributed by atoms with van der Waals surface area (Å²) >= 11 is 0. The maximum atomic E-state index is 10.5. The Morgan fingerprint density at radius 1 is 1.08 bits per heavy atom. The van der Waals surface area contributed by atoms with Crippen LogP contribution in [0.25, 0.3) is 6.08 Å². The molecule has 0 saturated carbocycles. The lowest BCUT2D eigenvalue weighted by Gasteiger charge is -2.43. The number of hydrogen-bond acceptors (Lipinski definition) is 5. The van der Waals surface area contributed by atoms with E-state index in [2.05, 4.69) is 6.92 Å². The van der Waals surface area contributed by atoms with Gasteiger partial charge in [-0.2, -0.15) is 0 Å². The van der Waals surface area contributed by atoms with E-state index in [4.69, 9.17) is 0 Å². The first kappa shape index (κ1) is 18.9. The molecule has 0 spiro atoms. The zero-order valence-corrected chi connectivity index (χ0v) is 14.3. The highest BCUT2D eigenvalue weighted by molar-refractivity contribution is 5.52. The summed E-state index contributed by atoms with van der Waals surface area (Å²) in [6.45, 7) is 3.04. The molecule has 4 N–H and O–H groups in total. The first-order chi connectivity index (χ1) is 11.5. The van der Waals surface area contributed by atoms with Crippen molar-refractivity contribution in [3.8, 4) is 0 Å². The number of nitrogens with zero attached hydrogens (tertiary/aromatic N) is 1. The minimum atomic E-state index is -1.26. The molecule has 5 nitrogen and oxygen atoms in total. The Hall–Kier alpha value is -1.40. The van der Waals surface area contributed by atoms with Gasteiger partial charge in [0, 0.05) is 6.54 Å². The normalized spacial score (nSPS) is 28.9. The van der Waals surface area contributed by atoms with Gasteiger partial charge in [0.2, 0.25) is 0 Å². The van der Waals surface area contributed by atoms with Gasteiger partial charge in [-0.05, 0) is 24.6 Å². The maximum Gasteiger partial charge on any atom is 0.113 e. The van der Waals surface area contributed by atoms with E-state index in [1.165, 1.54) is 0 Å². The summed E-state index contributed by atoms with van der Waals surface area (Å²) in [4.78, 5) is 1.87. The van der Waals surface area contributed by atoms with E-state index in [0.29, 0.717) is 6.54 Å². The third-order valence-corrected chi connectivity index (χ3v) is 4.60. The first-order valence-corrected chi connectivity index (χ1v) is 8.78.